The van der Waals surface area contributed by atoms with Crippen molar-refractivity contribution in [2.75, 3.05) is 12.8 Å². The van der Waals surface area contributed by atoms with Gasteiger partial charge in [0.05, 0.1) is 22.0 Å². The van der Waals surface area contributed by atoms with Crippen LogP contribution in [0.15, 0.2) is 58.1 Å². The Morgan fingerprint density at radius 3 is 2.37 bits per heavy atom. The summed E-state index contributed by atoms with van der Waals surface area (Å²) in [7, 11) is 10.8. The quantitative estimate of drug-likeness (QED) is 0.380. The monoisotopic (exact) mass is 483 g/mol. The van der Waals surface area contributed by atoms with E-state index in [0.717, 1.165) is 17.7 Å². The van der Waals surface area contributed by atoms with Crippen molar-refractivity contribution in [1.29, 1.82) is 0 Å². The molecule has 0 atom stereocenters. The average molecular weight is 483 g/mol. The van der Waals surface area contributed by atoms with Crippen LogP contribution >= 0.6 is 0 Å². The van der Waals surface area contributed by atoms with Gasteiger partial charge < -0.3 is 15.6 Å². The van der Waals surface area contributed by atoms with Gasteiger partial charge in [-0.25, -0.2) is 18.4 Å². The summed E-state index contributed by atoms with van der Waals surface area (Å²) in [5, 5.41) is 6.63. The number of rotatable bonds is 7. The van der Waals surface area contributed by atoms with Gasteiger partial charge in [-0.1, -0.05) is 47.0 Å². The summed E-state index contributed by atoms with van der Waals surface area (Å²) in [6.07, 6.45) is 1.47. The highest BCUT2D eigenvalue weighted by molar-refractivity contribution is 7.92. The van der Waals surface area contributed by atoms with Gasteiger partial charge in [-0.3, -0.25) is 0 Å². The van der Waals surface area contributed by atoms with Crippen LogP contribution in [0.2, 0.25) is 0 Å². The van der Waals surface area contributed by atoms with E-state index in [2.05, 4.69) is 20.4 Å². The average Bonchev–Trinajstić information content (AvgIpc) is 3.20. The van der Waals surface area contributed by atoms with Gasteiger partial charge in [0.2, 0.25) is 0 Å². The summed E-state index contributed by atoms with van der Waals surface area (Å²) in [5.74, 6) is 0.303. The summed E-state index contributed by atoms with van der Waals surface area (Å²) in [6, 6.07) is 12.4. The minimum Gasteiger partial charge on any atom is -0.382 e. The SMILES string of the molecule is [B]c1cc(-c2cnc(N)c(-c3onc(-c4ccc(CNC)cc4)c3[B])n2)ccc1S(=O)(=O)C(C)C. The van der Waals surface area contributed by atoms with Crippen LogP contribution in [-0.2, 0) is 16.4 Å². The number of nitrogens with zero attached hydrogens (tertiary/aromatic N) is 3. The van der Waals surface area contributed by atoms with Crippen molar-refractivity contribution in [3.63, 3.8) is 0 Å². The standard InChI is InChI=1S/C24H23B2N5O3S/c1-13(2)35(32,33)19-9-8-16(10-17(19)25)18-12-29-24(27)22(30-18)23-20(26)21(31-34-23)15-6-4-14(5-7-15)11-28-3/h4-10,12-13,28H,11H2,1-3H3,(H2,27,29). The Kier molecular flexibility index (Phi) is 6.82. The van der Waals surface area contributed by atoms with Gasteiger partial charge in [-0.05, 0) is 38.0 Å². The molecular formula is C24H23B2N5O3S. The maximum absolute atomic E-state index is 12.5. The molecule has 2 aromatic heterocycles. The Morgan fingerprint density at radius 1 is 1.06 bits per heavy atom. The minimum absolute atomic E-state index is 0.0738. The van der Waals surface area contributed by atoms with Crippen molar-refractivity contribution in [3.05, 3.63) is 54.2 Å². The summed E-state index contributed by atoms with van der Waals surface area (Å²) in [5.41, 5.74) is 10.1. The van der Waals surface area contributed by atoms with Gasteiger partial charge in [0.1, 0.15) is 21.4 Å². The number of nitrogen functional groups attached to an aromatic ring is 1. The van der Waals surface area contributed by atoms with Crippen LogP contribution in [-0.4, -0.2) is 51.5 Å². The van der Waals surface area contributed by atoms with Crippen LogP contribution in [0, 0.1) is 0 Å². The van der Waals surface area contributed by atoms with Crippen LogP contribution < -0.4 is 22.0 Å². The summed E-state index contributed by atoms with van der Waals surface area (Å²) in [4.78, 5) is 8.87. The van der Waals surface area contributed by atoms with Gasteiger partial charge >= 0.3 is 0 Å². The molecule has 0 fully saturated rings. The first-order valence-corrected chi connectivity index (χ1v) is 12.4. The van der Waals surface area contributed by atoms with E-state index in [0.29, 0.717) is 17.0 Å². The topological polar surface area (TPSA) is 124 Å². The fraction of sp³-hybridized carbons (Fsp3) is 0.208. The Morgan fingerprint density at radius 2 is 1.74 bits per heavy atom. The van der Waals surface area contributed by atoms with E-state index in [9.17, 15) is 8.42 Å². The lowest BCUT2D eigenvalue weighted by atomic mass is 9.89. The van der Waals surface area contributed by atoms with E-state index >= 15 is 0 Å². The van der Waals surface area contributed by atoms with E-state index < -0.39 is 15.1 Å². The first-order valence-electron chi connectivity index (χ1n) is 10.9. The number of hydrogen-bond acceptors (Lipinski definition) is 8. The van der Waals surface area contributed by atoms with Crippen LogP contribution in [0.5, 0.6) is 0 Å². The minimum atomic E-state index is -3.52. The number of aromatic nitrogens is 3. The second-order valence-corrected chi connectivity index (χ2v) is 10.8. The predicted molar refractivity (Wildman–Crippen MR) is 139 cm³/mol. The van der Waals surface area contributed by atoms with Crippen LogP contribution in [0.3, 0.4) is 0 Å². The number of anilines is 1. The zero-order valence-corrected chi connectivity index (χ0v) is 20.4. The third-order valence-electron chi connectivity index (χ3n) is 5.58. The molecule has 2 heterocycles. The molecule has 35 heavy (non-hydrogen) atoms. The van der Waals surface area contributed by atoms with E-state index in [1.807, 2.05) is 31.3 Å². The molecule has 0 aliphatic rings. The smallest absolute Gasteiger partial charge is 0.182 e. The first kappa shape index (κ1) is 24.7. The summed E-state index contributed by atoms with van der Waals surface area (Å²) < 4.78 is 30.6. The molecule has 4 radical (unpaired) electrons. The molecule has 4 rings (SSSR count). The van der Waals surface area contributed by atoms with Crippen molar-refractivity contribution < 1.29 is 12.9 Å². The molecular weight excluding hydrogens is 460 g/mol. The molecule has 0 unspecified atom stereocenters. The normalized spacial score (nSPS) is 11.8. The van der Waals surface area contributed by atoms with Crippen LogP contribution in [0.1, 0.15) is 19.4 Å². The van der Waals surface area contributed by atoms with Crippen molar-refractivity contribution in [2.45, 2.75) is 30.5 Å². The molecule has 11 heteroatoms. The maximum atomic E-state index is 12.5. The highest BCUT2D eigenvalue weighted by Crippen LogP contribution is 2.28. The molecule has 0 amide bonds. The largest absolute Gasteiger partial charge is 0.382 e. The third-order valence-corrected chi connectivity index (χ3v) is 7.81. The number of nitrogens with one attached hydrogen (secondary N) is 1. The highest BCUT2D eigenvalue weighted by atomic mass is 32.2. The van der Waals surface area contributed by atoms with Crippen LogP contribution in [0.4, 0.5) is 5.82 Å². The van der Waals surface area contributed by atoms with Crippen molar-refractivity contribution in [1.82, 2.24) is 20.4 Å². The maximum Gasteiger partial charge on any atom is 0.182 e. The van der Waals surface area contributed by atoms with E-state index in [1.165, 1.54) is 12.3 Å². The fourth-order valence-electron chi connectivity index (χ4n) is 3.59. The Balaban J connectivity index is 1.72. The lowest BCUT2D eigenvalue weighted by Crippen LogP contribution is -2.22. The highest BCUT2D eigenvalue weighted by Gasteiger charge is 2.22. The lowest BCUT2D eigenvalue weighted by Gasteiger charge is -2.13. The molecule has 3 N–H and O–H groups in total. The molecule has 4 aromatic rings. The molecule has 2 aromatic carbocycles. The molecule has 0 bridgehead atoms. The van der Waals surface area contributed by atoms with Gasteiger partial charge in [0.25, 0.3) is 0 Å². The molecule has 0 spiro atoms. The molecule has 0 saturated heterocycles. The Hall–Kier alpha value is -3.43. The molecule has 174 valence electrons. The fourth-order valence-corrected chi connectivity index (χ4v) is 4.74. The number of benzene rings is 2. The Labute approximate surface area is 207 Å². The number of hydrogen-bond donors (Lipinski definition) is 2. The lowest BCUT2D eigenvalue weighted by molar-refractivity contribution is 0.434. The van der Waals surface area contributed by atoms with Gasteiger partial charge in [-0.15, -0.1) is 0 Å². The van der Waals surface area contributed by atoms with Crippen molar-refractivity contribution in [3.8, 4) is 34.0 Å². The second kappa shape index (κ2) is 9.67. The number of sulfone groups is 1. The zero-order valence-electron chi connectivity index (χ0n) is 19.6. The van der Waals surface area contributed by atoms with E-state index in [4.69, 9.17) is 25.9 Å². The van der Waals surface area contributed by atoms with Gasteiger partial charge in [0.15, 0.2) is 27.1 Å². The zero-order chi connectivity index (χ0) is 25.3. The van der Waals surface area contributed by atoms with E-state index in [-0.39, 0.29) is 33.1 Å². The molecule has 0 aliphatic carbocycles. The van der Waals surface area contributed by atoms with Crippen LogP contribution in [0.25, 0.3) is 34.0 Å². The van der Waals surface area contributed by atoms with Crippen molar-refractivity contribution >= 4 is 42.3 Å². The first-order chi connectivity index (χ1) is 16.6. The summed E-state index contributed by atoms with van der Waals surface area (Å²) >= 11 is 0. The number of nitrogens with two attached hydrogens (primary N) is 1. The molecule has 8 nitrogen and oxygen atoms in total. The van der Waals surface area contributed by atoms with E-state index in [1.54, 1.807) is 26.0 Å². The van der Waals surface area contributed by atoms with Crippen molar-refractivity contribution in [2.24, 2.45) is 0 Å². The summed E-state index contributed by atoms with van der Waals surface area (Å²) in [6.45, 7) is 3.95. The predicted octanol–water partition coefficient (Wildman–Crippen LogP) is 1.54. The van der Waals surface area contributed by atoms with Gasteiger partial charge in [0, 0.05) is 17.7 Å². The Bertz CT molecular complexity index is 1490. The van der Waals surface area contributed by atoms with Gasteiger partial charge in [-0.2, -0.15) is 0 Å². The third kappa shape index (κ3) is 4.74. The molecule has 0 aliphatic heterocycles. The second-order valence-electron chi connectivity index (χ2n) is 8.34. The molecule has 0 saturated carbocycles.